The van der Waals surface area contributed by atoms with Crippen LogP contribution in [0.1, 0.15) is 32.7 Å². The number of carbonyl (C=O) groups excluding carboxylic acids is 1. The SMILES string of the molecule is COc1ccccc1CNC(=O)c1cc(Nc2c(C)cc(C)cc2C)ccn1. The van der Waals surface area contributed by atoms with Crippen molar-refractivity contribution in [2.75, 3.05) is 12.4 Å². The van der Waals surface area contributed by atoms with Crippen LogP contribution in [0, 0.1) is 20.8 Å². The van der Waals surface area contributed by atoms with Gasteiger partial charge in [0.25, 0.3) is 5.91 Å². The van der Waals surface area contributed by atoms with Crippen LogP contribution in [0.2, 0.25) is 0 Å². The number of amides is 1. The van der Waals surface area contributed by atoms with E-state index in [1.807, 2.05) is 30.3 Å². The molecule has 0 atom stereocenters. The average molecular weight is 375 g/mol. The average Bonchev–Trinajstić information content (AvgIpc) is 2.69. The van der Waals surface area contributed by atoms with Gasteiger partial charge in [0.15, 0.2) is 0 Å². The Hall–Kier alpha value is -3.34. The molecule has 0 aliphatic carbocycles. The molecule has 0 unspecified atom stereocenters. The molecule has 0 saturated carbocycles. The molecule has 3 rings (SSSR count). The summed E-state index contributed by atoms with van der Waals surface area (Å²) in [6, 6.07) is 15.5. The number of aryl methyl sites for hydroxylation is 3. The highest BCUT2D eigenvalue weighted by molar-refractivity contribution is 5.93. The van der Waals surface area contributed by atoms with E-state index in [1.54, 1.807) is 19.4 Å². The second kappa shape index (κ2) is 8.57. The van der Waals surface area contributed by atoms with Crippen LogP contribution in [-0.2, 0) is 6.54 Å². The maximum Gasteiger partial charge on any atom is 0.270 e. The molecular formula is C23H25N3O2. The number of rotatable bonds is 6. The molecule has 0 radical (unpaired) electrons. The molecule has 0 aliphatic rings. The summed E-state index contributed by atoms with van der Waals surface area (Å²) in [5.41, 5.74) is 6.71. The largest absolute Gasteiger partial charge is 0.496 e. The highest BCUT2D eigenvalue weighted by Crippen LogP contribution is 2.26. The Labute approximate surface area is 165 Å². The quantitative estimate of drug-likeness (QED) is 0.656. The number of ether oxygens (including phenoxy) is 1. The van der Waals surface area contributed by atoms with E-state index in [2.05, 4.69) is 48.5 Å². The van der Waals surface area contributed by atoms with Gasteiger partial charge in [0.05, 0.1) is 7.11 Å². The second-order valence-corrected chi connectivity index (χ2v) is 6.82. The van der Waals surface area contributed by atoms with Crippen LogP contribution in [0.3, 0.4) is 0 Å². The summed E-state index contributed by atoms with van der Waals surface area (Å²) in [7, 11) is 1.62. The first kappa shape index (κ1) is 19.4. The number of hydrogen-bond donors (Lipinski definition) is 2. The number of carbonyl (C=O) groups is 1. The smallest absolute Gasteiger partial charge is 0.270 e. The monoisotopic (exact) mass is 375 g/mol. The summed E-state index contributed by atoms with van der Waals surface area (Å²) in [5, 5.41) is 6.32. The lowest BCUT2D eigenvalue weighted by Crippen LogP contribution is -2.24. The Kier molecular flexibility index (Phi) is 5.94. The maximum atomic E-state index is 12.6. The fourth-order valence-electron chi connectivity index (χ4n) is 3.27. The van der Waals surface area contributed by atoms with Crippen molar-refractivity contribution in [2.24, 2.45) is 0 Å². The summed E-state index contributed by atoms with van der Waals surface area (Å²) >= 11 is 0. The first-order valence-corrected chi connectivity index (χ1v) is 9.19. The normalized spacial score (nSPS) is 10.4. The van der Waals surface area contributed by atoms with Gasteiger partial charge in [0.2, 0.25) is 0 Å². The third-order valence-electron chi connectivity index (χ3n) is 4.57. The molecule has 5 heteroatoms. The van der Waals surface area contributed by atoms with Gasteiger partial charge in [-0.3, -0.25) is 9.78 Å². The van der Waals surface area contributed by atoms with E-state index in [-0.39, 0.29) is 5.91 Å². The van der Waals surface area contributed by atoms with E-state index >= 15 is 0 Å². The molecule has 144 valence electrons. The zero-order valence-corrected chi connectivity index (χ0v) is 16.7. The van der Waals surface area contributed by atoms with Crippen molar-refractivity contribution in [2.45, 2.75) is 27.3 Å². The Morgan fingerprint density at radius 2 is 1.75 bits per heavy atom. The van der Waals surface area contributed by atoms with Crippen LogP contribution in [0.15, 0.2) is 54.7 Å². The first-order valence-electron chi connectivity index (χ1n) is 9.19. The predicted octanol–water partition coefficient (Wildman–Crippen LogP) is 4.69. The van der Waals surface area contributed by atoms with Crippen LogP contribution in [0.4, 0.5) is 11.4 Å². The Balaban J connectivity index is 1.73. The van der Waals surface area contributed by atoms with E-state index in [4.69, 9.17) is 4.74 Å². The van der Waals surface area contributed by atoms with Crippen LogP contribution in [0.25, 0.3) is 0 Å². The van der Waals surface area contributed by atoms with Crippen molar-refractivity contribution < 1.29 is 9.53 Å². The van der Waals surface area contributed by atoms with Gasteiger partial charge in [0.1, 0.15) is 11.4 Å². The molecule has 1 heterocycles. The van der Waals surface area contributed by atoms with E-state index in [1.165, 1.54) is 5.56 Å². The highest BCUT2D eigenvalue weighted by atomic mass is 16.5. The van der Waals surface area contributed by atoms with Crippen LogP contribution < -0.4 is 15.4 Å². The van der Waals surface area contributed by atoms with Crippen molar-refractivity contribution in [3.05, 3.63) is 82.7 Å². The molecule has 1 amide bonds. The summed E-state index contributed by atoms with van der Waals surface area (Å²) in [4.78, 5) is 16.8. The number of benzene rings is 2. The minimum Gasteiger partial charge on any atom is -0.496 e. The van der Waals surface area contributed by atoms with Crippen molar-refractivity contribution in [1.82, 2.24) is 10.3 Å². The van der Waals surface area contributed by atoms with Crippen LogP contribution >= 0.6 is 0 Å². The number of nitrogens with zero attached hydrogens (tertiary/aromatic N) is 1. The summed E-state index contributed by atoms with van der Waals surface area (Å²) in [5.74, 6) is 0.517. The Bertz CT molecular complexity index is 976. The van der Waals surface area contributed by atoms with Crippen molar-refractivity contribution in [3.63, 3.8) is 0 Å². The van der Waals surface area contributed by atoms with E-state index in [0.717, 1.165) is 33.8 Å². The van der Waals surface area contributed by atoms with E-state index < -0.39 is 0 Å². The number of aromatic nitrogens is 1. The fourth-order valence-corrected chi connectivity index (χ4v) is 3.27. The van der Waals surface area contributed by atoms with Gasteiger partial charge in [-0.25, -0.2) is 0 Å². The summed E-state index contributed by atoms with van der Waals surface area (Å²) in [6.45, 7) is 6.60. The van der Waals surface area contributed by atoms with Crippen molar-refractivity contribution in [1.29, 1.82) is 0 Å². The van der Waals surface area contributed by atoms with E-state index in [0.29, 0.717) is 12.2 Å². The molecule has 0 saturated heterocycles. The minimum absolute atomic E-state index is 0.230. The molecular weight excluding hydrogens is 350 g/mol. The minimum atomic E-state index is -0.230. The molecule has 0 bridgehead atoms. The lowest BCUT2D eigenvalue weighted by atomic mass is 10.0. The van der Waals surface area contributed by atoms with Gasteiger partial charge in [0, 0.05) is 29.7 Å². The molecule has 0 aliphatic heterocycles. The fraction of sp³-hybridized carbons (Fsp3) is 0.217. The molecule has 2 N–H and O–H groups in total. The zero-order valence-electron chi connectivity index (χ0n) is 16.7. The molecule has 28 heavy (non-hydrogen) atoms. The Morgan fingerprint density at radius 3 is 2.46 bits per heavy atom. The number of nitrogens with one attached hydrogen (secondary N) is 2. The van der Waals surface area contributed by atoms with Crippen molar-refractivity contribution >= 4 is 17.3 Å². The summed E-state index contributed by atoms with van der Waals surface area (Å²) in [6.07, 6.45) is 1.64. The molecule has 2 aromatic carbocycles. The van der Waals surface area contributed by atoms with Gasteiger partial charge in [-0.2, -0.15) is 0 Å². The predicted molar refractivity (Wildman–Crippen MR) is 112 cm³/mol. The Morgan fingerprint density at radius 1 is 1.04 bits per heavy atom. The number of hydrogen-bond acceptors (Lipinski definition) is 4. The lowest BCUT2D eigenvalue weighted by molar-refractivity contribution is 0.0945. The molecule has 5 nitrogen and oxygen atoms in total. The maximum absolute atomic E-state index is 12.6. The topological polar surface area (TPSA) is 63.2 Å². The van der Waals surface area contributed by atoms with Gasteiger partial charge >= 0.3 is 0 Å². The van der Waals surface area contributed by atoms with Crippen molar-refractivity contribution in [3.8, 4) is 5.75 Å². The number of para-hydroxylation sites is 1. The van der Waals surface area contributed by atoms with E-state index in [9.17, 15) is 4.79 Å². The second-order valence-electron chi connectivity index (χ2n) is 6.82. The molecule has 0 spiro atoms. The van der Waals surface area contributed by atoms with Crippen LogP contribution in [0.5, 0.6) is 5.75 Å². The number of anilines is 2. The zero-order chi connectivity index (χ0) is 20.1. The highest BCUT2D eigenvalue weighted by Gasteiger charge is 2.11. The van der Waals surface area contributed by atoms with Gasteiger partial charge in [-0.15, -0.1) is 0 Å². The van der Waals surface area contributed by atoms with Crippen LogP contribution in [-0.4, -0.2) is 18.0 Å². The molecule has 3 aromatic rings. The number of pyridine rings is 1. The van der Waals surface area contributed by atoms with Gasteiger partial charge < -0.3 is 15.4 Å². The van der Waals surface area contributed by atoms with Gasteiger partial charge in [-0.1, -0.05) is 35.9 Å². The first-order chi connectivity index (χ1) is 13.5. The third kappa shape index (κ3) is 4.49. The molecule has 1 aromatic heterocycles. The third-order valence-corrected chi connectivity index (χ3v) is 4.57. The summed E-state index contributed by atoms with van der Waals surface area (Å²) < 4.78 is 5.32. The standard InChI is InChI=1S/C23H25N3O2/c1-15-11-16(2)22(17(3)12-15)26-19-9-10-24-20(13-19)23(27)25-14-18-7-5-6-8-21(18)28-4/h5-13H,14H2,1-4H3,(H,24,26)(H,25,27). The number of methoxy groups -OCH3 is 1. The molecule has 0 fully saturated rings. The van der Waals surface area contributed by atoms with Gasteiger partial charge in [-0.05, 0) is 50.1 Å². The lowest BCUT2D eigenvalue weighted by Gasteiger charge is -2.14.